The molecule has 3 aliphatic rings. The van der Waals surface area contributed by atoms with Crippen molar-refractivity contribution in [3.05, 3.63) is 59.4 Å². The van der Waals surface area contributed by atoms with E-state index in [1.54, 1.807) is 12.4 Å². The van der Waals surface area contributed by atoms with E-state index in [1.807, 2.05) is 24.3 Å². The predicted molar refractivity (Wildman–Crippen MR) is 113 cm³/mol. The number of pyridine rings is 1. The fraction of sp³-hybridized carbons (Fsp3) is 0.500. The molecular formula is C24H27ClN2O2. The maximum Gasteiger partial charge on any atom is 0.233 e. The molecule has 2 aliphatic heterocycles. The molecule has 0 spiro atoms. The molecule has 4 nitrogen and oxygen atoms in total. The number of amides is 1. The lowest BCUT2D eigenvalue weighted by Crippen LogP contribution is -2.55. The number of ether oxygens (including phenoxy) is 1. The van der Waals surface area contributed by atoms with Crippen molar-refractivity contribution in [3.63, 3.8) is 0 Å². The van der Waals surface area contributed by atoms with E-state index < -0.39 is 0 Å². The SMILES string of the molecule is O=C(N1C2CCC1CC(Oc1cccnc1)C2)C1(c2ccc(Cl)cc2)CCCC1. The first-order chi connectivity index (χ1) is 14.2. The first kappa shape index (κ1) is 18.9. The fourth-order valence-electron chi connectivity index (χ4n) is 5.78. The van der Waals surface area contributed by atoms with Crippen LogP contribution in [0.15, 0.2) is 48.8 Å². The summed E-state index contributed by atoms with van der Waals surface area (Å²) < 4.78 is 6.20. The van der Waals surface area contributed by atoms with Gasteiger partial charge < -0.3 is 9.64 Å². The standard InChI is InChI=1S/C24H27ClN2O2/c25-18-7-5-17(6-8-18)24(11-1-2-12-24)23(28)27-19-9-10-20(27)15-22(14-19)29-21-4-3-13-26-16-21/h3-8,13,16,19-20,22H,1-2,9-12,14-15H2. The molecule has 0 radical (unpaired) electrons. The minimum Gasteiger partial charge on any atom is -0.489 e. The minimum atomic E-state index is -0.373. The number of nitrogens with zero attached hydrogens (tertiary/aromatic N) is 2. The number of carbonyl (C=O) groups excluding carboxylic acids is 1. The summed E-state index contributed by atoms with van der Waals surface area (Å²) in [6, 6.07) is 12.4. The van der Waals surface area contributed by atoms with Crippen LogP contribution in [0, 0.1) is 0 Å². The van der Waals surface area contributed by atoms with E-state index in [4.69, 9.17) is 16.3 Å². The van der Waals surface area contributed by atoms with Gasteiger partial charge in [0, 0.05) is 36.1 Å². The third kappa shape index (κ3) is 3.42. The van der Waals surface area contributed by atoms with Gasteiger partial charge in [0.15, 0.2) is 0 Å². The van der Waals surface area contributed by atoms with Crippen LogP contribution in [0.2, 0.25) is 5.02 Å². The zero-order valence-corrected chi connectivity index (χ0v) is 17.4. The lowest BCUT2D eigenvalue weighted by molar-refractivity contribution is -0.143. The topological polar surface area (TPSA) is 42.4 Å². The molecule has 1 aromatic carbocycles. The summed E-state index contributed by atoms with van der Waals surface area (Å²) >= 11 is 6.12. The van der Waals surface area contributed by atoms with Crippen molar-refractivity contribution in [2.45, 2.75) is 75.0 Å². The quantitative estimate of drug-likeness (QED) is 0.700. The molecule has 2 saturated heterocycles. The number of rotatable bonds is 4. The Labute approximate surface area is 177 Å². The van der Waals surface area contributed by atoms with Gasteiger partial charge in [0.25, 0.3) is 0 Å². The van der Waals surface area contributed by atoms with Crippen LogP contribution in [0.3, 0.4) is 0 Å². The molecule has 5 heteroatoms. The van der Waals surface area contributed by atoms with Crippen LogP contribution in [-0.2, 0) is 10.2 Å². The number of fused-ring (bicyclic) bond motifs is 2. The second-order valence-electron chi connectivity index (χ2n) is 8.79. The lowest BCUT2D eigenvalue weighted by Gasteiger charge is -2.43. The lowest BCUT2D eigenvalue weighted by atomic mass is 9.76. The van der Waals surface area contributed by atoms with E-state index in [0.717, 1.165) is 67.7 Å². The number of aromatic nitrogens is 1. The Morgan fingerprint density at radius 2 is 1.76 bits per heavy atom. The third-order valence-electron chi connectivity index (χ3n) is 7.12. The van der Waals surface area contributed by atoms with Crippen molar-refractivity contribution < 1.29 is 9.53 Å². The van der Waals surface area contributed by atoms with E-state index in [-0.39, 0.29) is 23.6 Å². The van der Waals surface area contributed by atoms with E-state index in [2.05, 4.69) is 22.0 Å². The second-order valence-corrected chi connectivity index (χ2v) is 9.23. The van der Waals surface area contributed by atoms with Crippen LogP contribution in [0.1, 0.15) is 56.9 Å². The summed E-state index contributed by atoms with van der Waals surface area (Å²) in [4.78, 5) is 20.4. The van der Waals surface area contributed by atoms with Crippen molar-refractivity contribution in [1.29, 1.82) is 0 Å². The van der Waals surface area contributed by atoms with Crippen molar-refractivity contribution in [3.8, 4) is 5.75 Å². The summed E-state index contributed by atoms with van der Waals surface area (Å²) in [7, 11) is 0. The Morgan fingerprint density at radius 1 is 1.07 bits per heavy atom. The summed E-state index contributed by atoms with van der Waals surface area (Å²) in [5.41, 5.74) is 0.764. The van der Waals surface area contributed by atoms with Gasteiger partial charge in [-0.1, -0.05) is 36.6 Å². The van der Waals surface area contributed by atoms with Crippen LogP contribution >= 0.6 is 11.6 Å². The number of carbonyl (C=O) groups is 1. The summed E-state index contributed by atoms with van der Waals surface area (Å²) in [6.45, 7) is 0. The van der Waals surface area contributed by atoms with Gasteiger partial charge in [-0.3, -0.25) is 9.78 Å². The molecule has 3 fully saturated rings. The smallest absolute Gasteiger partial charge is 0.233 e. The van der Waals surface area contributed by atoms with Gasteiger partial charge in [-0.25, -0.2) is 0 Å². The second kappa shape index (κ2) is 7.64. The van der Waals surface area contributed by atoms with Crippen molar-refractivity contribution in [2.24, 2.45) is 0 Å². The minimum absolute atomic E-state index is 0.163. The van der Waals surface area contributed by atoms with Crippen LogP contribution in [-0.4, -0.2) is 34.0 Å². The number of piperidine rings is 1. The van der Waals surface area contributed by atoms with Crippen molar-refractivity contribution >= 4 is 17.5 Å². The maximum absolute atomic E-state index is 14.0. The summed E-state index contributed by atoms with van der Waals surface area (Å²) in [5.74, 6) is 1.16. The molecule has 2 bridgehead atoms. The normalized spacial score (nSPS) is 27.8. The molecule has 152 valence electrons. The molecule has 1 saturated carbocycles. The molecule has 0 N–H and O–H groups in total. The van der Waals surface area contributed by atoms with E-state index in [1.165, 1.54) is 0 Å². The number of hydrogen-bond acceptors (Lipinski definition) is 3. The number of hydrogen-bond donors (Lipinski definition) is 0. The van der Waals surface area contributed by atoms with Gasteiger partial charge >= 0.3 is 0 Å². The highest BCUT2D eigenvalue weighted by Gasteiger charge is 2.52. The fourth-order valence-corrected chi connectivity index (χ4v) is 5.91. The molecule has 2 aromatic rings. The predicted octanol–water partition coefficient (Wildman–Crippen LogP) is 5.15. The summed E-state index contributed by atoms with van der Waals surface area (Å²) in [5, 5.41) is 0.725. The molecule has 1 aliphatic carbocycles. The highest BCUT2D eigenvalue weighted by Crippen LogP contribution is 2.47. The van der Waals surface area contributed by atoms with Crippen molar-refractivity contribution in [1.82, 2.24) is 9.88 Å². The zero-order valence-electron chi connectivity index (χ0n) is 16.6. The maximum atomic E-state index is 14.0. The highest BCUT2D eigenvalue weighted by atomic mass is 35.5. The van der Waals surface area contributed by atoms with Crippen molar-refractivity contribution in [2.75, 3.05) is 0 Å². The Balaban J connectivity index is 1.37. The summed E-state index contributed by atoms with van der Waals surface area (Å²) in [6.07, 6.45) is 11.8. The Hall–Kier alpha value is -2.07. The monoisotopic (exact) mass is 410 g/mol. The van der Waals surface area contributed by atoms with Crippen LogP contribution in [0.4, 0.5) is 0 Å². The average molecular weight is 411 g/mol. The third-order valence-corrected chi connectivity index (χ3v) is 7.38. The first-order valence-corrected chi connectivity index (χ1v) is 11.2. The van der Waals surface area contributed by atoms with Crippen LogP contribution < -0.4 is 4.74 Å². The first-order valence-electron chi connectivity index (χ1n) is 10.8. The molecule has 29 heavy (non-hydrogen) atoms. The van der Waals surface area contributed by atoms with Gasteiger partial charge in [-0.15, -0.1) is 0 Å². The van der Waals surface area contributed by atoms with Gasteiger partial charge in [0.05, 0.1) is 11.6 Å². The van der Waals surface area contributed by atoms with E-state index >= 15 is 0 Å². The van der Waals surface area contributed by atoms with Gasteiger partial charge in [0.2, 0.25) is 5.91 Å². The molecule has 2 unspecified atom stereocenters. The number of halogens is 1. The molecular weight excluding hydrogens is 384 g/mol. The van der Waals surface area contributed by atoms with Gasteiger partial charge in [0.1, 0.15) is 11.9 Å². The molecule has 5 rings (SSSR count). The van der Waals surface area contributed by atoms with E-state index in [9.17, 15) is 4.79 Å². The number of benzene rings is 1. The average Bonchev–Trinajstić information content (AvgIpc) is 3.33. The molecule has 3 heterocycles. The Morgan fingerprint density at radius 3 is 2.38 bits per heavy atom. The molecule has 2 atom stereocenters. The highest BCUT2D eigenvalue weighted by molar-refractivity contribution is 6.30. The Kier molecular flexibility index (Phi) is 4.99. The van der Waals surface area contributed by atoms with E-state index in [0.29, 0.717) is 5.91 Å². The Bertz CT molecular complexity index is 850. The van der Waals surface area contributed by atoms with Gasteiger partial charge in [-0.05, 0) is 55.5 Å². The van der Waals surface area contributed by atoms with Crippen LogP contribution in [0.5, 0.6) is 5.75 Å². The largest absolute Gasteiger partial charge is 0.489 e. The van der Waals surface area contributed by atoms with Crippen LogP contribution in [0.25, 0.3) is 0 Å². The molecule has 1 aromatic heterocycles. The zero-order chi connectivity index (χ0) is 19.8. The molecule has 1 amide bonds. The van der Waals surface area contributed by atoms with Gasteiger partial charge in [-0.2, -0.15) is 0 Å².